The van der Waals surface area contributed by atoms with Crippen LogP contribution in [-0.2, 0) is 20.1 Å². The second kappa shape index (κ2) is 7.54. The maximum absolute atomic E-state index is 12.9. The van der Waals surface area contributed by atoms with Crippen molar-refractivity contribution in [3.05, 3.63) is 65.2 Å². The summed E-state index contributed by atoms with van der Waals surface area (Å²) in [5.74, 6) is 1.56. The van der Waals surface area contributed by atoms with E-state index in [9.17, 15) is 4.79 Å². The fourth-order valence-electron chi connectivity index (χ4n) is 3.46. The van der Waals surface area contributed by atoms with E-state index >= 15 is 0 Å². The molecule has 2 amide bonds. The molecule has 0 bridgehead atoms. The van der Waals surface area contributed by atoms with E-state index in [1.165, 1.54) is 0 Å². The summed E-state index contributed by atoms with van der Waals surface area (Å²) in [6.45, 7) is 5.01. The van der Waals surface area contributed by atoms with Gasteiger partial charge in [0.05, 0.1) is 18.8 Å². The van der Waals surface area contributed by atoms with Crippen LogP contribution >= 0.6 is 0 Å². The molecule has 0 atom stereocenters. The Balaban J connectivity index is 1.41. The lowest BCUT2D eigenvalue weighted by Crippen LogP contribution is -2.40. The van der Waals surface area contributed by atoms with Gasteiger partial charge in [-0.3, -0.25) is 4.68 Å². The van der Waals surface area contributed by atoms with Gasteiger partial charge in [-0.2, -0.15) is 5.10 Å². The van der Waals surface area contributed by atoms with Crippen molar-refractivity contribution >= 4 is 6.03 Å². The highest BCUT2D eigenvalue weighted by atomic mass is 16.3. The van der Waals surface area contributed by atoms with Crippen molar-refractivity contribution in [2.45, 2.75) is 45.8 Å². The maximum atomic E-state index is 12.9. The van der Waals surface area contributed by atoms with E-state index in [4.69, 9.17) is 4.42 Å². The first-order valence-electron chi connectivity index (χ1n) is 9.70. The number of hydrogen-bond acceptors (Lipinski definition) is 3. The molecule has 6 heteroatoms. The highest BCUT2D eigenvalue weighted by molar-refractivity contribution is 5.75. The van der Waals surface area contributed by atoms with Crippen LogP contribution in [0.2, 0.25) is 0 Å². The minimum Gasteiger partial charge on any atom is -0.459 e. The molecule has 1 aliphatic carbocycles. The van der Waals surface area contributed by atoms with Crippen molar-refractivity contribution in [1.82, 2.24) is 20.0 Å². The molecule has 0 unspecified atom stereocenters. The topological polar surface area (TPSA) is 63.3 Å². The summed E-state index contributed by atoms with van der Waals surface area (Å²) >= 11 is 0. The van der Waals surface area contributed by atoms with Gasteiger partial charge in [0.1, 0.15) is 11.5 Å². The molecule has 2 aromatic heterocycles. The van der Waals surface area contributed by atoms with Gasteiger partial charge in [-0.1, -0.05) is 30.3 Å². The summed E-state index contributed by atoms with van der Waals surface area (Å²) in [5.41, 5.74) is 4.25. The molecular formula is C22H26N4O2. The smallest absolute Gasteiger partial charge is 0.318 e. The van der Waals surface area contributed by atoms with E-state index in [-0.39, 0.29) is 6.03 Å². The number of benzene rings is 1. The molecule has 146 valence electrons. The lowest BCUT2D eigenvalue weighted by atomic mass is 10.2. The number of nitrogens with zero attached hydrogens (tertiary/aromatic N) is 3. The van der Waals surface area contributed by atoms with E-state index in [0.29, 0.717) is 19.1 Å². The van der Waals surface area contributed by atoms with Crippen LogP contribution in [0.25, 0.3) is 11.3 Å². The Morgan fingerprint density at radius 3 is 2.61 bits per heavy atom. The van der Waals surface area contributed by atoms with Crippen molar-refractivity contribution in [2.75, 3.05) is 0 Å². The van der Waals surface area contributed by atoms with E-state index in [2.05, 4.69) is 10.4 Å². The fraction of sp³-hybridized carbons (Fsp3) is 0.364. The van der Waals surface area contributed by atoms with Gasteiger partial charge in [0.2, 0.25) is 0 Å². The Morgan fingerprint density at radius 1 is 1.21 bits per heavy atom. The molecule has 0 radical (unpaired) electrons. The summed E-state index contributed by atoms with van der Waals surface area (Å²) in [5, 5.41) is 7.49. The molecule has 1 aliphatic rings. The highest BCUT2D eigenvalue weighted by Crippen LogP contribution is 2.30. The highest BCUT2D eigenvalue weighted by Gasteiger charge is 2.33. The summed E-state index contributed by atoms with van der Waals surface area (Å²) < 4.78 is 7.77. The predicted octanol–water partition coefficient (Wildman–Crippen LogP) is 4.17. The van der Waals surface area contributed by atoms with Gasteiger partial charge in [-0.25, -0.2) is 4.79 Å². The first kappa shape index (κ1) is 18.3. The molecule has 1 saturated carbocycles. The van der Waals surface area contributed by atoms with Crippen LogP contribution in [0.5, 0.6) is 0 Å². The Morgan fingerprint density at radius 2 is 1.96 bits per heavy atom. The quantitative estimate of drug-likeness (QED) is 0.700. The van der Waals surface area contributed by atoms with E-state index in [0.717, 1.165) is 46.9 Å². The van der Waals surface area contributed by atoms with Crippen molar-refractivity contribution < 1.29 is 9.21 Å². The lowest BCUT2D eigenvalue weighted by molar-refractivity contribution is 0.190. The van der Waals surface area contributed by atoms with Gasteiger partial charge in [0.15, 0.2) is 0 Å². The summed E-state index contributed by atoms with van der Waals surface area (Å²) in [4.78, 5) is 14.8. The fourth-order valence-corrected chi connectivity index (χ4v) is 3.46. The molecule has 1 N–H and O–H groups in total. The molecule has 3 aromatic rings. The van der Waals surface area contributed by atoms with Gasteiger partial charge in [0, 0.05) is 29.9 Å². The largest absolute Gasteiger partial charge is 0.459 e. The summed E-state index contributed by atoms with van der Waals surface area (Å²) in [6.07, 6.45) is 2.12. The normalized spacial score (nSPS) is 13.5. The predicted molar refractivity (Wildman–Crippen MR) is 108 cm³/mol. The van der Waals surface area contributed by atoms with Crippen LogP contribution in [0.4, 0.5) is 4.79 Å². The van der Waals surface area contributed by atoms with Gasteiger partial charge in [-0.15, -0.1) is 0 Å². The average molecular weight is 378 g/mol. The minimum atomic E-state index is -0.0529. The number of nitrogens with one attached hydrogen (secondary N) is 1. The van der Waals surface area contributed by atoms with Gasteiger partial charge in [0.25, 0.3) is 0 Å². The zero-order valence-corrected chi connectivity index (χ0v) is 16.6. The first-order valence-corrected chi connectivity index (χ1v) is 9.70. The number of amides is 2. The summed E-state index contributed by atoms with van der Waals surface area (Å²) in [6, 6.07) is 14.1. The molecule has 0 spiro atoms. The molecular weight excluding hydrogens is 352 g/mol. The third-order valence-corrected chi connectivity index (χ3v) is 5.37. The zero-order chi connectivity index (χ0) is 19.7. The summed E-state index contributed by atoms with van der Waals surface area (Å²) in [7, 11) is 1.94. The van der Waals surface area contributed by atoms with Crippen LogP contribution in [0, 0.1) is 13.8 Å². The number of urea groups is 1. The number of hydrogen-bond donors (Lipinski definition) is 1. The number of rotatable bonds is 6. The van der Waals surface area contributed by atoms with Gasteiger partial charge < -0.3 is 14.6 Å². The van der Waals surface area contributed by atoms with Crippen molar-refractivity contribution in [3.63, 3.8) is 0 Å². The monoisotopic (exact) mass is 378 g/mol. The number of carbonyl (C=O) groups excluding carboxylic acids is 1. The number of carbonyl (C=O) groups is 1. The Hall–Kier alpha value is -3.02. The van der Waals surface area contributed by atoms with Crippen LogP contribution in [0.1, 0.15) is 35.6 Å². The van der Waals surface area contributed by atoms with E-state index in [1.807, 2.05) is 72.9 Å². The number of aromatic nitrogens is 2. The van der Waals surface area contributed by atoms with Gasteiger partial charge in [-0.05, 0) is 38.8 Å². The molecule has 1 fully saturated rings. The second-order valence-electron chi connectivity index (χ2n) is 7.42. The maximum Gasteiger partial charge on any atom is 0.318 e. The van der Waals surface area contributed by atoms with Gasteiger partial charge >= 0.3 is 6.03 Å². The molecule has 2 heterocycles. The minimum absolute atomic E-state index is 0.0529. The zero-order valence-electron chi connectivity index (χ0n) is 16.6. The molecule has 4 rings (SSSR count). The SMILES string of the molecule is Cc1nn(C)c(C)c1CN(C(=O)NCc1ccc(-c2ccccc2)o1)C1CC1. The third-order valence-electron chi connectivity index (χ3n) is 5.37. The standard InChI is InChI=1S/C22H26N4O2/c1-15-20(16(2)25(3)24-15)14-26(18-9-10-18)22(27)23-13-19-11-12-21(28-19)17-7-5-4-6-8-17/h4-8,11-12,18H,9-10,13-14H2,1-3H3,(H,23,27). The second-order valence-corrected chi connectivity index (χ2v) is 7.42. The van der Waals surface area contributed by atoms with Crippen molar-refractivity contribution in [3.8, 4) is 11.3 Å². The lowest BCUT2D eigenvalue weighted by Gasteiger charge is -2.23. The molecule has 1 aromatic carbocycles. The van der Waals surface area contributed by atoms with Crippen molar-refractivity contribution in [1.29, 1.82) is 0 Å². The van der Waals surface area contributed by atoms with E-state index in [1.54, 1.807) is 0 Å². The molecule has 6 nitrogen and oxygen atoms in total. The molecule has 0 saturated heterocycles. The Kier molecular flexibility index (Phi) is 4.94. The Bertz CT molecular complexity index is 970. The third kappa shape index (κ3) is 3.81. The Labute approximate surface area is 165 Å². The van der Waals surface area contributed by atoms with Crippen LogP contribution in [0.3, 0.4) is 0 Å². The van der Waals surface area contributed by atoms with Crippen LogP contribution in [-0.4, -0.2) is 26.8 Å². The van der Waals surface area contributed by atoms with E-state index < -0.39 is 0 Å². The number of furan rings is 1. The molecule has 0 aliphatic heterocycles. The average Bonchev–Trinajstić information content (AvgIpc) is 3.37. The molecule has 28 heavy (non-hydrogen) atoms. The van der Waals surface area contributed by atoms with Crippen molar-refractivity contribution in [2.24, 2.45) is 7.05 Å². The van der Waals surface area contributed by atoms with Crippen LogP contribution in [0.15, 0.2) is 46.9 Å². The number of aryl methyl sites for hydroxylation is 2. The van der Waals surface area contributed by atoms with Crippen LogP contribution < -0.4 is 5.32 Å². The first-order chi connectivity index (χ1) is 13.5.